The lowest BCUT2D eigenvalue weighted by Gasteiger charge is -2.12. The van der Waals surface area contributed by atoms with Gasteiger partial charge >= 0.3 is 0 Å². The van der Waals surface area contributed by atoms with Gasteiger partial charge in [0.25, 0.3) is 0 Å². The normalized spacial score (nSPS) is 14.4. The van der Waals surface area contributed by atoms with E-state index in [0.29, 0.717) is 0 Å². The van der Waals surface area contributed by atoms with Gasteiger partial charge in [-0.3, -0.25) is 0 Å². The molecular formula is C16H20N4. The van der Waals surface area contributed by atoms with Crippen molar-refractivity contribution in [3.05, 3.63) is 47.4 Å². The fourth-order valence-corrected chi connectivity index (χ4v) is 2.74. The fraction of sp³-hybridized carbons (Fsp3) is 0.375. The summed E-state index contributed by atoms with van der Waals surface area (Å²) in [5.74, 6) is 0.985. The third-order valence-electron chi connectivity index (χ3n) is 3.79. The molecule has 0 saturated heterocycles. The molecule has 3 N–H and O–H groups in total. The largest absolute Gasteiger partial charge is 0.399 e. The first-order valence-corrected chi connectivity index (χ1v) is 7.24. The molecule has 0 amide bonds. The van der Waals surface area contributed by atoms with Gasteiger partial charge in [-0.25, -0.2) is 9.97 Å². The molecule has 1 aromatic carbocycles. The molecule has 2 aromatic rings. The minimum Gasteiger partial charge on any atom is -0.399 e. The zero-order chi connectivity index (χ0) is 13.8. The number of nitrogens with zero attached hydrogens (tertiary/aromatic N) is 2. The topological polar surface area (TPSA) is 63.8 Å². The molecule has 0 atom stereocenters. The molecule has 0 unspecified atom stereocenters. The van der Waals surface area contributed by atoms with Gasteiger partial charge in [0.05, 0.1) is 0 Å². The summed E-state index contributed by atoms with van der Waals surface area (Å²) < 4.78 is 0. The SMILES string of the molecule is Nc1cccc(CNc2ncnc3c2CCCCC3)c1. The van der Waals surface area contributed by atoms with Crippen molar-refractivity contribution in [3.63, 3.8) is 0 Å². The third-order valence-corrected chi connectivity index (χ3v) is 3.79. The Bertz CT molecular complexity index is 595. The highest BCUT2D eigenvalue weighted by Crippen LogP contribution is 2.24. The first-order valence-electron chi connectivity index (χ1n) is 7.24. The Labute approximate surface area is 119 Å². The van der Waals surface area contributed by atoms with Gasteiger partial charge < -0.3 is 11.1 Å². The minimum atomic E-state index is 0.745. The van der Waals surface area contributed by atoms with Crippen LogP contribution < -0.4 is 11.1 Å². The van der Waals surface area contributed by atoms with Crippen LogP contribution in [0.4, 0.5) is 11.5 Å². The van der Waals surface area contributed by atoms with E-state index in [1.54, 1.807) is 6.33 Å². The summed E-state index contributed by atoms with van der Waals surface area (Å²) in [6, 6.07) is 7.95. The van der Waals surface area contributed by atoms with Gasteiger partial charge in [0.2, 0.25) is 0 Å². The standard InChI is InChI=1S/C16H20N4/c17-13-6-4-5-12(9-13)10-18-16-14-7-2-1-3-8-15(14)19-11-20-16/h4-6,9,11H,1-3,7-8,10,17H2,(H,18,19,20). The summed E-state index contributed by atoms with van der Waals surface area (Å²) in [4.78, 5) is 8.86. The van der Waals surface area contributed by atoms with Crippen LogP contribution in [0.25, 0.3) is 0 Å². The number of hydrogen-bond acceptors (Lipinski definition) is 4. The van der Waals surface area contributed by atoms with E-state index in [1.165, 1.54) is 36.1 Å². The highest BCUT2D eigenvalue weighted by molar-refractivity contribution is 5.48. The van der Waals surface area contributed by atoms with Gasteiger partial charge in [-0.05, 0) is 43.4 Å². The third kappa shape index (κ3) is 2.90. The monoisotopic (exact) mass is 268 g/mol. The van der Waals surface area contributed by atoms with E-state index in [-0.39, 0.29) is 0 Å². The highest BCUT2D eigenvalue weighted by Gasteiger charge is 2.13. The molecule has 20 heavy (non-hydrogen) atoms. The van der Waals surface area contributed by atoms with Gasteiger partial charge in [-0.15, -0.1) is 0 Å². The van der Waals surface area contributed by atoms with Crippen LogP contribution in [-0.4, -0.2) is 9.97 Å². The van der Waals surface area contributed by atoms with Crippen LogP contribution in [0, 0.1) is 0 Å². The van der Waals surface area contributed by atoms with Crippen molar-refractivity contribution in [2.45, 2.75) is 38.6 Å². The molecule has 1 aromatic heterocycles. The van der Waals surface area contributed by atoms with E-state index >= 15 is 0 Å². The van der Waals surface area contributed by atoms with Gasteiger partial charge in [0.1, 0.15) is 12.1 Å². The first kappa shape index (κ1) is 12.9. The van der Waals surface area contributed by atoms with Crippen molar-refractivity contribution in [2.24, 2.45) is 0 Å². The Morgan fingerprint density at radius 3 is 2.90 bits per heavy atom. The van der Waals surface area contributed by atoms with Crippen molar-refractivity contribution in [1.29, 1.82) is 0 Å². The quantitative estimate of drug-likeness (QED) is 0.663. The van der Waals surface area contributed by atoms with Crippen LogP contribution in [0.2, 0.25) is 0 Å². The lowest BCUT2D eigenvalue weighted by molar-refractivity contribution is 0.709. The van der Waals surface area contributed by atoms with Crippen LogP contribution in [0.1, 0.15) is 36.1 Å². The molecule has 0 bridgehead atoms. The average Bonchev–Trinajstić information content (AvgIpc) is 2.71. The van der Waals surface area contributed by atoms with Crippen molar-refractivity contribution in [1.82, 2.24) is 9.97 Å². The Morgan fingerprint density at radius 1 is 1.10 bits per heavy atom. The van der Waals surface area contributed by atoms with Crippen molar-refractivity contribution < 1.29 is 0 Å². The second-order valence-electron chi connectivity index (χ2n) is 5.31. The molecule has 0 aliphatic heterocycles. The maximum atomic E-state index is 5.81. The lowest BCUT2D eigenvalue weighted by Crippen LogP contribution is -2.08. The van der Waals surface area contributed by atoms with E-state index in [0.717, 1.165) is 30.9 Å². The molecule has 1 aliphatic carbocycles. The molecule has 0 spiro atoms. The summed E-state index contributed by atoms with van der Waals surface area (Å²) in [6.45, 7) is 0.745. The summed E-state index contributed by atoms with van der Waals surface area (Å²) in [6.07, 6.45) is 7.57. The summed E-state index contributed by atoms with van der Waals surface area (Å²) in [5.41, 5.74) is 10.3. The van der Waals surface area contributed by atoms with E-state index in [1.807, 2.05) is 18.2 Å². The Morgan fingerprint density at radius 2 is 2.00 bits per heavy atom. The van der Waals surface area contributed by atoms with Crippen LogP contribution in [-0.2, 0) is 19.4 Å². The Balaban J connectivity index is 1.77. The number of nitrogen functional groups attached to an aromatic ring is 1. The first-order chi connectivity index (χ1) is 9.83. The Kier molecular flexibility index (Phi) is 3.81. The van der Waals surface area contributed by atoms with E-state index in [2.05, 4.69) is 21.4 Å². The maximum absolute atomic E-state index is 5.81. The summed E-state index contributed by atoms with van der Waals surface area (Å²) in [7, 11) is 0. The number of rotatable bonds is 3. The lowest BCUT2D eigenvalue weighted by atomic mass is 10.1. The predicted octanol–water partition coefficient (Wildman–Crippen LogP) is 2.94. The summed E-state index contributed by atoms with van der Waals surface area (Å²) >= 11 is 0. The Hall–Kier alpha value is -2.10. The van der Waals surface area contributed by atoms with Crippen LogP contribution >= 0.6 is 0 Å². The molecule has 1 aliphatic rings. The number of aromatic nitrogens is 2. The molecule has 0 fully saturated rings. The second-order valence-corrected chi connectivity index (χ2v) is 5.31. The van der Waals surface area contributed by atoms with Gasteiger partial charge in [0.15, 0.2) is 0 Å². The number of fused-ring (bicyclic) bond motifs is 1. The average molecular weight is 268 g/mol. The molecule has 104 valence electrons. The van der Waals surface area contributed by atoms with E-state index in [9.17, 15) is 0 Å². The molecular weight excluding hydrogens is 248 g/mol. The number of benzene rings is 1. The number of aryl methyl sites for hydroxylation is 1. The molecule has 3 rings (SSSR count). The fourth-order valence-electron chi connectivity index (χ4n) is 2.74. The van der Waals surface area contributed by atoms with Crippen LogP contribution in [0.5, 0.6) is 0 Å². The smallest absolute Gasteiger partial charge is 0.133 e. The number of hydrogen-bond donors (Lipinski definition) is 2. The van der Waals surface area contributed by atoms with Gasteiger partial charge in [-0.1, -0.05) is 18.6 Å². The highest BCUT2D eigenvalue weighted by atomic mass is 15.0. The second kappa shape index (κ2) is 5.90. The maximum Gasteiger partial charge on any atom is 0.133 e. The van der Waals surface area contributed by atoms with Crippen molar-refractivity contribution in [2.75, 3.05) is 11.1 Å². The molecule has 0 radical (unpaired) electrons. The van der Waals surface area contributed by atoms with E-state index < -0.39 is 0 Å². The molecule has 4 heteroatoms. The molecule has 1 heterocycles. The van der Waals surface area contributed by atoms with Crippen LogP contribution in [0.3, 0.4) is 0 Å². The van der Waals surface area contributed by atoms with Crippen molar-refractivity contribution in [3.8, 4) is 0 Å². The van der Waals surface area contributed by atoms with Gasteiger partial charge in [-0.2, -0.15) is 0 Å². The van der Waals surface area contributed by atoms with Crippen LogP contribution in [0.15, 0.2) is 30.6 Å². The number of nitrogens with two attached hydrogens (primary N) is 1. The van der Waals surface area contributed by atoms with E-state index in [4.69, 9.17) is 5.73 Å². The number of anilines is 2. The molecule has 4 nitrogen and oxygen atoms in total. The summed E-state index contributed by atoms with van der Waals surface area (Å²) in [5, 5.41) is 3.44. The predicted molar refractivity (Wildman–Crippen MR) is 81.5 cm³/mol. The van der Waals surface area contributed by atoms with Gasteiger partial charge in [0, 0.05) is 23.5 Å². The minimum absolute atomic E-state index is 0.745. The van der Waals surface area contributed by atoms with Crippen molar-refractivity contribution >= 4 is 11.5 Å². The zero-order valence-corrected chi connectivity index (χ0v) is 11.6. The zero-order valence-electron chi connectivity index (χ0n) is 11.6. The molecule has 0 saturated carbocycles. The number of nitrogens with one attached hydrogen (secondary N) is 1.